The molecule has 0 bridgehead atoms. The standard InChI is InChI=1S/C9H14O/c10-9-6-3-1-5-2-4-7(9)8(5)6/h5-10H,1-4H2/t5?,6-,7+,8?,9?. The first-order valence-electron chi connectivity index (χ1n) is 4.56. The van der Waals surface area contributed by atoms with Gasteiger partial charge in [0.05, 0.1) is 6.10 Å². The average Bonchev–Trinajstić information content (AvgIpc) is 2.37. The van der Waals surface area contributed by atoms with Crippen molar-refractivity contribution in [2.24, 2.45) is 23.7 Å². The lowest BCUT2D eigenvalue weighted by atomic mass is 9.65. The monoisotopic (exact) mass is 138 g/mol. The molecule has 0 heterocycles. The van der Waals surface area contributed by atoms with E-state index in [0.717, 1.165) is 23.7 Å². The minimum atomic E-state index is 0.109. The predicted molar refractivity (Wildman–Crippen MR) is 38.4 cm³/mol. The van der Waals surface area contributed by atoms with Crippen molar-refractivity contribution in [3.8, 4) is 0 Å². The Morgan fingerprint density at radius 2 is 1.50 bits per heavy atom. The Morgan fingerprint density at radius 1 is 0.900 bits per heavy atom. The fourth-order valence-corrected chi connectivity index (χ4v) is 3.71. The molecule has 3 saturated carbocycles. The Bertz CT molecular complexity index is 150. The molecule has 0 amide bonds. The lowest BCUT2D eigenvalue weighted by molar-refractivity contribution is -0.0766. The van der Waals surface area contributed by atoms with E-state index < -0.39 is 0 Å². The van der Waals surface area contributed by atoms with Crippen LogP contribution in [0, 0.1) is 23.7 Å². The zero-order chi connectivity index (χ0) is 6.72. The molecule has 3 fully saturated rings. The summed E-state index contributed by atoms with van der Waals surface area (Å²) in [5, 5.41) is 9.60. The topological polar surface area (TPSA) is 20.2 Å². The second-order valence-electron chi connectivity index (χ2n) is 4.31. The summed E-state index contributed by atoms with van der Waals surface area (Å²) in [5.74, 6) is 3.46. The first kappa shape index (κ1) is 5.59. The van der Waals surface area contributed by atoms with Crippen molar-refractivity contribution in [1.29, 1.82) is 0 Å². The first-order valence-corrected chi connectivity index (χ1v) is 4.56. The number of hydrogen-bond donors (Lipinski definition) is 1. The summed E-state index contributed by atoms with van der Waals surface area (Å²) < 4.78 is 0. The first-order chi connectivity index (χ1) is 4.88. The number of rotatable bonds is 0. The SMILES string of the molecule is OC1[C@H]2CCC3CC[C@@H]1C32. The van der Waals surface area contributed by atoms with E-state index in [-0.39, 0.29) is 6.10 Å². The Kier molecular flexibility index (Phi) is 0.883. The summed E-state index contributed by atoms with van der Waals surface area (Å²) in [6.45, 7) is 0. The summed E-state index contributed by atoms with van der Waals surface area (Å²) >= 11 is 0. The summed E-state index contributed by atoms with van der Waals surface area (Å²) in [7, 11) is 0. The lowest BCUT2D eigenvalue weighted by Crippen LogP contribution is -2.46. The molecule has 0 aliphatic heterocycles. The molecule has 1 heteroatoms. The van der Waals surface area contributed by atoms with Gasteiger partial charge in [0, 0.05) is 0 Å². The third-order valence-corrected chi connectivity index (χ3v) is 4.15. The highest BCUT2D eigenvalue weighted by atomic mass is 16.3. The van der Waals surface area contributed by atoms with Gasteiger partial charge in [-0.1, -0.05) is 0 Å². The second-order valence-corrected chi connectivity index (χ2v) is 4.31. The quantitative estimate of drug-likeness (QED) is 0.536. The molecule has 5 atom stereocenters. The van der Waals surface area contributed by atoms with Crippen LogP contribution >= 0.6 is 0 Å². The largest absolute Gasteiger partial charge is 0.393 e. The van der Waals surface area contributed by atoms with E-state index in [1.165, 1.54) is 25.7 Å². The van der Waals surface area contributed by atoms with Gasteiger partial charge in [0.1, 0.15) is 0 Å². The molecule has 0 saturated heterocycles. The van der Waals surface area contributed by atoms with Crippen molar-refractivity contribution in [2.45, 2.75) is 31.8 Å². The highest BCUT2D eigenvalue weighted by Crippen LogP contribution is 2.61. The van der Waals surface area contributed by atoms with Crippen molar-refractivity contribution in [3.63, 3.8) is 0 Å². The number of aliphatic hydroxyl groups is 1. The van der Waals surface area contributed by atoms with Crippen molar-refractivity contribution in [1.82, 2.24) is 0 Å². The van der Waals surface area contributed by atoms with Gasteiger partial charge in [-0.2, -0.15) is 0 Å². The minimum Gasteiger partial charge on any atom is -0.393 e. The Balaban J connectivity index is 1.93. The van der Waals surface area contributed by atoms with Crippen LogP contribution < -0.4 is 0 Å². The normalized spacial score (nSPS) is 63.9. The van der Waals surface area contributed by atoms with Gasteiger partial charge in [-0.05, 0) is 49.4 Å². The summed E-state index contributed by atoms with van der Waals surface area (Å²) in [5.41, 5.74) is 0. The molecule has 10 heavy (non-hydrogen) atoms. The fourth-order valence-electron chi connectivity index (χ4n) is 3.71. The van der Waals surface area contributed by atoms with E-state index in [9.17, 15) is 5.11 Å². The van der Waals surface area contributed by atoms with Crippen molar-refractivity contribution >= 4 is 0 Å². The highest BCUT2D eigenvalue weighted by Gasteiger charge is 2.58. The van der Waals surface area contributed by atoms with E-state index in [2.05, 4.69) is 0 Å². The molecular formula is C9H14O. The van der Waals surface area contributed by atoms with Crippen LogP contribution in [0.15, 0.2) is 0 Å². The highest BCUT2D eigenvalue weighted by molar-refractivity contribution is 5.07. The van der Waals surface area contributed by atoms with Crippen LogP contribution in [0.1, 0.15) is 25.7 Å². The predicted octanol–water partition coefficient (Wildman–Crippen LogP) is 1.41. The molecule has 3 rings (SSSR count). The molecular weight excluding hydrogens is 124 g/mol. The van der Waals surface area contributed by atoms with Gasteiger partial charge in [0.25, 0.3) is 0 Å². The van der Waals surface area contributed by atoms with Crippen molar-refractivity contribution < 1.29 is 5.11 Å². The van der Waals surface area contributed by atoms with Crippen LogP contribution in [0.4, 0.5) is 0 Å². The Morgan fingerprint density at radius 3 is 2.10 bits per heavy atom. The van der Waals surface area contributed by atoms with E-state index in [1.54, 1.807) is 0 Å². The summed E-state index contributed by atoms with van der Waals surface area (Å²) in [6, 6.07) is 0. The van der Waals surface area contributed by atoms with Gasteiger partial charge in [0.2, 0.25) is 0 Å². The molecule has 0 spiro atoms. The Hall–Kier alpha value is -0.0400. The van der Waals surface area contributed by atoms with Crippen LogP contribution in [-0.4, -0.2) is 11.2 Å². The van der Waals surface area contributed by atoms with E-state index in [1.807, 2.05) is 0 Å². The van der Waals surface area contributed by atoms with Crippen LogP contribution in [0.2, 0.25) is 0 Å². The maximum Gasteiger partial charge on any atom is 0.0602 e. The van der Waals surface area contributed by atoms with Gasteiger partial charge in [0.15, 0.2) is 0 Å². The van der Waals surface area contributed by atoms with E-state index in [4.69, 9.17) is 0 Å². The third-order valence-electron chi connectivity index (χ3n) is 4.15. The molecule has 3 aliphatic rings. The molecule has 3 unspecified atom stereocenters. The smallest absolute Gasteiger partial charge is 0.0602 e. The maximum absolute atomic E-state index is 9.60. The zero-order valence-corrected chi connectivity index (χ0v) is 6.16. The van der Waals surface area contributed by atoms with Gasteiger partial charge >= 0.3 is 0 Å². The molecule has 0 aromatic rings. The van der Waals surface area contributed by atoms with Gasteiger partial charge in [-0.15, -0.1) is 0 Å². The van der Waals surface area contributed by atoms with Gasteiger partial charge in [-0.3, -0.25) is 0 Å². The average molecular weight is 138 g/mol. The molecule has 3 aliphatic carbocycles. The zero-order valence-electron chi connectivity index (χ0n) is 6.16. The van der Waals surface area contributed by atoms with Crippen LogP contribution in [-0.2, 0) is 0 Å². The summed E-state index contributed by atoms with van der Waals surface area (Å²) in [6.07, 6.45) is 5.60. The molecule has 0 aromatic heterocycles. The fraction of sp³-hybridized carbons (Fsp3) is 1.00. The van der Waals surface area contributed by atoms with Gasteiger partial charge < -0.3 is 5.11 Å². The van der Waals surface area contributed by atoms with Crippen LogP contribution in [0.5, 0.6) is 0 Å². The maximum atomic E-state index is 9.60. The summed E-state index contributed by atoms with van der Waals surface area (Å²) in [4.78, 5) is 0. The molecule has 56 valence electrons. The number of aliphatic hydroxyl groups excluding tert-OH is 1. The van der Waals surface area contributed by atoms with Crippen molar-refractivity contribution in [3.05, 3.63) is 0 Å². The minimum absolute atomic E-state index is 0.109. The van der Waals surface area contributed by atoms with E-state index in [0.29, 0.717) is 0 Å². The third kappa shape index (κ3) is 0.430. The van der Waals surface area contributed by atoms with Crippen molar-refractivity contribution in [2.75, 3.05) is 0 Å². The molecule has 0 aromatic carbocycles. The molecule has 0 radical (unpaired) electrons. The van der Waals surface area contributed by atoms with E-state index >= 15 is 0 Å². The second kappa shape index (κ2) is 1.58. The molecule has 1 N–H and O–H groups in total. The van der Waals surface area contributed by atoms with Gasteiger partial charge in [-0.25, -0.2) is 0 Å². The molecule has 1 nitrogen and oxygen atoms in total. The van der Waals surface area contributed by atoms with Crippen LogP contribution in [0.3, 0.4) is 0 Å². The van der Waals surface area contributed by atoms with Crippen LogP contribution in [0.25, 0.3) is 0 Å². The number of hydrogen-bond acceptors (Lipinski definition) is 1. The Labute approximate surface area is 61.4 Å². The lowest BCUT2D eigenvalue weighted by Gasteiger charge is -2.43.